The van der Waals surface area contributed by atoms with Crippen molar-refractivity contribution in [1.29, 1.82) is 0 Å². The summed E-state index contributed by atoms with van der Waals surface area (Å²) in [7, 11) is 0. The van der Waals surface area contributed by atoms with Gasteiger partial charge in [0.15, 0.2) is 0 Å². The second-order valence-corrected chi connectivity index (χ2v) is 1.41. The minimum absolute atomic E-state index is 0.0984. The van der Waals surface area contributed by atoms with Gasteiger partial charge in [-0.15, -0.1) is 0 Å². The normalized spacial score (nSPS) is 21.4. The Balaban J connectivity index is 2.25. The van der Waals surface area contributed by atoms with Crippen LogP contribution in [0.4, 0.5) is 0 Å². The Kier molecular flexibility index (Phi) is 1.26. The van der Waals surface area contributed by atoms with E-state index in [9.17, 15) is 4.79 Å². The maximum atomic E-state index is 10.2. The second-order valence-electron chi connectivity index (χ2n) is 1.41. The van der Waals surface area contributed by atoms with E-state index in [0.29, 0.717) is 13.2 Å². The van der Waals surface area contributed by atoms with Crippen LogP contribution in [0.3, 0.4) is 0 Å². The number of esters is 1. The number of hydrogen-bond donors (Lipinski definition) is 1. The van der Waals surface area contributed by atoms with Crippen molar-refractivity contribution in [3.05, 3.63) is 0 Å². The number of carbonyl (C=O) groups excluding carboxylic acids is 1. The van der Waals surface area contributed by atoms with Gasteiger partial charge >= 0.3 is 5.97 Å². The highest BCUT2D eigenvalue weighted by molar-refractivity contribution is 5.70. The van der Waals surface area contributed by atoms with Crippen molar-refractivity contribution in [2.45, 2.75) is 6.42 Å². The molecule has 0 bridgehead atoms. The first-order valence-corrected chi connectivity index (χ1v) is 2.26. The molecule has 1 rings (SSSR count). The molecule has 0 aliphatic carbocycles. The van der Waals surface area contributed by atoms with E-state index in [2.05, 4.69) is 10.1 Å². The SMILES string of the molecule is O=C1CCNCO1. The monoisotopic (exact) mass is 101 g/mol. The van der Waals surface area contributed by atoms with Crippen molar-refractivity contribution in [3.63, 3.8) is 0 Å². The summed E-state index contributed by atoms with van der Waals surface area (Å²) >= 11 is 0. The molecule has 0 aromatic carbocycles. The average molecular weight is 101 g/mol. The van der Waals surface area contributed by atoms with Crippen molar-refractivity contribution in [2.24, 2.45) is 0 Å². The quantitative estimate of drug-likeness (QED) is 0.417. The third-order valence-electron chi connectivity index (χ3n) is 0.841. The predicted molar refractivity (Wildman–Crippen MR) is 23.6 cm³/mol. The fourth-order valence-corrected chi connectivity index (χ4v) is 0.466. The standard InChI is InChI=1S/C4H7NO2/c6-4-1-2-5-3-7-4/h5H,1-3H2. The highest BCUT2D eigenvalue weighted by Crippen LogP contribution is 1.87. The second kappa shape index (κ2) is 1.93. The molecule has 0 amide bonds. The number of hydrogen-bond acceptors (Lipinski definition) is 3. The third-order valence-corrected chi connectivity index (χ3v) is 0.841. The number of nitrogens with one attached hydrogen (secondary N) is 1. The van der Waals surface area contributed by atoms with Crippen LogP contribution in [0, 0.1) is 0 Å². The van der Waals surface area contributed by atoms with Crippen LogP contribution in [-0.2, 0) is 9.53 Å². The van der Waals surface area contributed by atoms with E-state index in [-0.39, 0.29) is 5.97 Å². The zero-order valence-electron chi connectivity index (χ0n) is 3.94. The molecule has 40 valence electrons. The number of ether oxygens (including phenoxy) is 1. The van der Waals surface area contributed by atoms with Crippen LogP contribution in [0.2, 0.25) is 0 Å². The fraction of sp³-hybridized carbons (Fsp3) is 0.750. The highest BCUT2D eigenvalue weighted by atomic mass is 16.5. The molecule has 1 N–H and O–H groups in total. The lowest BCUT2D eigenvalue weighted by Crippen LogP contribution is -2.29. The molecule has 1 aliphatic heterocycles. The van der Waals surface area contributed by atoms with Gasteiger partial charge in [0.25, 0.3) is 0 Å². The smallest absolute Gasteiger partial charge is 0.308 e. The topological polar surface area (TPSA) is 38.3 Å². The van der Waals surface area contributed by atoms with Gasteiger partial charge in [-0.2, -0.15) is 0 Å². The largest absolute Gasteiger partial charge is 0.450 e. The molecule has 3 nitrogen and oxygen atoms in total. The zero-order chi connectivity index (χ0) is 5.11. The van der Waals surface area contributed by atoms with E-state index in [0.717, 1.165) is 6.54 Å². The van der Waals surface area contributed by atoms with Crippen LogP contribution in [0.25, 0.3) is 0 Å². The van der Waals surface area contributed by atoms with Crippen LogP contribution < -0.4 is 5.32 Å². The van der Waals surface area contributed by atoms with Crippen molar-refractivity contribution >= 4 is 5.97 Å². The van der Waals surface area contributed by atoms with Crippen LogP contribution in [-0.4, -0.2) is 19.2 Å². The summed E-state index contributed by atoms with van der Waals surface area (Å²) in [5.41, 5.74) is 0. The van der Waals surface area contributed by atoms with Crippen LogP contribution in [0.5, 0.6) is 0 Å². The van der Waals surface area contributed by atoms with Gasteiger partial charge < -0.3 is 4.74 Å². The number of rotatable bonds is 0. The van der Waals surface area contributed by atoms with Gasteiger partial charge in [-0.05, 0) is 0 Å². The molecule has 1 fully saturated rings. The molecule has 0 aromatic rings. The van der Waals surface area contributed by atoms with Crippen molar-refractivity contribution in [1.82, 2.24) is 5.32 Å². The van der Waals surface area contributed by atoms with Gasteiger partial charge in [-0.3, -0.25) is 10.1 Å². The van der Waals surface area contributed by atoms with Crippen molar-refractivity contribution in [3.8, 4) is 0 Å². The molecule has 0 atom stereocenters. The molecule has 7 heavy (non-hydrogen) atoms. The Hall–Kier alpha value is -0.570. The molecule has 0 saturated carbocycles. The summed E-state index contributed by atoms with van der Waals surface area (Å²) in [6.07, 6.45) is 0.514. The maximum Gasteiger partial charge on any atom is 0.308 e. The summed E-state index contributed by atoms with van der Waals surface area (Å²) in [5.74, 6) is -0.0984. The van der Waals surface area contributed by atoms with Crippen molar-refractivity contribution < 1.29 is 9.53 Å². The van der Waals surface area contributed by atoms with Gasteiger partial charge in [0, 0.05) is 6.54 Å². The molecule has 0 radical (unpaired) electrons. The molecule has 0 spiro atoms. The van der Waals surface area contributed by atoms with Crippen LogP contribution >= 0.6 is 0 Å². The van der Waals surface area contributed by atoms with E-state index in [4.69, 9.17) is 0 Å². The Morgan fingerprint density at radius 2 is 2.57 bits per heavy atom. The Morgan fingerprint density at radius 1 is 1.71 bits per heavy atom. The first-order chi connectivity index (χ1) is 3.39. The van der Waals surface area contributed by atoms with Gasteiger partial charge in [-0.25, -0.2) is 0 Å². The molecular formula is C4H7NO2. The summed E-state index contributed by atoms with van der Waals surface area (Å²) in [4.78, 5) is 10.2. The third kappa shape index (κ3) is 1.16. The fourth-order valence-electron chi connectivity index (χ4n) is 0.466. The first-order valence-electron chi connectivity index (χ1n) is 2.26. The summed E-state index contributed by atoms with van der Waals surface area (Å²) in [5, 5.41) is 2.87. The molecule has 0 aromatic heterocycles. The minimum atomic E-state index is -0.0984. The maximum absolute atomic E-state index is 10.2. The van der Waals surface area contributed by atoms with E-state index in [1.165, 1.54) is 0 Å². The average Bonchev–Trinajstić information content (AvgIpc) is 1.69. The summed E-state index contributed by atoms with van der Waals surface area (Å²) < 4.78 is 4.53. The van der Waals surface area contributed by atoms with Gasteiger partial charge in [0.1, 0.15) is 6.73 Å². The Bertz CT molecular complexity index is 73.8. The molecule has 1 aliphatic rings. The molecule has 1 heterocycles. The molecular weight excluding hydrogens is 94.0 g/mol. The Morgan fingerprint density at radius 3 is 2.86 bits per heavy atom. The number of cyclic esters (lactones) is 1. The predicted octanol–water partition coefficient (Wildman–Crippen LogP) is -0.520. The lowest BCUT2D eigenvalue weighted by molar-refractivity contribution is -0.147. The first kappa shape index (κ1) is 4.59. The van der Waals surface area contributed by atoms with Crippen LogP contribution in [0.1, 0.15) is 6.42 Å². The van der Waals surface area contributed by atoms with E-state index >= 15 is 0 Å². The summed E-state index contributed by atoms with van der Waals surface area (Å²) in [6, 6.07) is 0. The van der Waals surface area contributed by atoms with Crippen LogP contribution in [0.15, 0.2) is 0 Å². The lowest BCUT2D eigenvalue weighted by atomic mass is 10.4. The highest BCUT2D eigenvalue weighted by Gasteiger charge is 2.05. The van der Waals surface area contributed by atoms with Gasteiger partial charge in [-0.1, -0.05) is 0 Å². The van der Waals surface area contributed by atoms with Gasteiger partial charge in [0.05, 0.1) is 6.42 Å². The summed E-state index contributed by atoms with van der Waals surface area (Å²) in [6.45, 7) is 1.15. The lowest BCUT2D eigenvalue weighted by Gasteiger charge is -2.10. The minimum Gasteiger partial charge on any atom is -0.450 e. The number of carbonyl (C=O) groups is 1. The van der Waals surface area contributed by atoms with E-state index in [1.807, 2.05) is 0 Å². The van der Waals surface area contributed by atoms with E-state index in [1.54, 1.807) is 0 Å². The van der Waals surface area contributed by atoms with E-state index < -0.39 is 0 Å². The Labute approximate surface area is 41.7 Å². The molecule has 0 unspecified atom stereocenters. The molecule has 1 saturated heterocycles. The zero-order valence-corrected chi connectivity index (χ0v) is 3.94. The van der Waals surface area contributed by atoms with Crippen molar-refractivity contribution in [2.75, 3.05) is 13.3 Å². The van der Waals surface area contributed by atoms with Gasteiger partial charge in [0.2, 0.25) is 0 Å². The molecule has 3 heteroatoms.